The quantitative estimate of drug-likeness (QED) is 0.470. The van der Waals surface area contributed by atoms with Crippen molar-refractivity contribution in [3.8, 4) is 11.8 Å². The van der Waals surface area contributed by atoms with Crippen molar-refractivity contribution in [3.63, 3.8) is 0 Å². The number of benzene rings is 3. The number of carbonyl (C=O) groups is 2. The van der Waals surface area contributed by atoms with E-state index in [-0.39, 0.29) is 18.1 Å². The zero-order chi connectivity index (χ0) is 26.2. The van der Waals surface area contributed by atoms with Gasteiger partial charge in [0.25, 0.3) is 0 Å². The van der Waals surface area contributed by atoms with Gasteiger partial charge < -0.3 is 19.3 Å². The Kier molecular flexibility index (Phi) is 6.51. The summed E-state index contributed by atoms with van der Waals surface area (Å²) in [5.74, 6) is 0.808. The summed E-state index contributed by atoms with van der Waals surface area (Å²) in [6, 6.07) is 19.8. The normalized spacial score (nSPS) is 16.0. The van der Waals surface area contributed by atoms with Crippen molar-refractivity contribution in [2.75, 3.05) is 18.0 Å². The van der Waals surface area contributed by atoms with E-state index in [1.165, 1.54) is 0 Å². The molecule has 1 fully saturated rings. The van der Waals surface area contributed by atoms with Crippen LogP contribution in [0.15, 0.2) is 54.6 Å². The Morgan fingerprint density at radius 1 is 1.03 bits per heavy atom. The van der Waals surface area contributed by atoms with Gasteiger partial charge in [-0.15, -0.1) is 0 Å². The lowest BCUT2D eigenvalue weighted by atomic mass is 10.0. The number of nitrogens with zero attached hydrogens (tertiary/aromatic N) is 3. The SMILES string of the molecule is CC(C)(C)OC(=O)N1CCC(Oc2ccc3c(c2)CC(=O)N3Cc2ccc3ccc(C#N)cc3c2)CC1. The molecule has 7 nitrogen and oxygen atoms in total. The molecular formula is C30H31N3O4. The summed E-state index contributed by atoms with van der Waals surface area (Å²) in [4.78, 5) is 28.7. The minimum Gasteiger partial charge on any atom is -0.490 e. The van der Waals surface area contributed by atoms with Gasteiger partial charge in [0.2, 0.25) is 5.91 Å². The Morgan fingerprint density at radius 3 is 2.51 bits per heavy atom. The van der Waals surface area contributed by atoms with Crippen LogP contribution in [0.4, 0.5) is 10.5 Å². The van der Waals surface area contributed by atoms with Crippen LogP contribution in [0.2, 0.25) is 0 Å². The van der Waals surface area contributed by atoms with Crippen LogP contribution in [0.5, 0.6) is 5.75 Å². The molecule has 0 bridgehead atoms. The van der Waals surface area contributed by atoms with E-state index >= 15 is 0 Å². The maximum Gasteiger partial charge on any atom is 0.410 e. The third-order valence-corrected chi connectivity index (χ3v) is 6.76. The number of fused-ring (bicyclic) bond motifs is 2. The van der Waals surface area contributed by atoms with Crippen molar-refractivity contribution in [1.29, 1.82) is 5.26 Å². The van der Waals surface area contributed by atoms with Gasteiger partial charge in [-0.1, -0.05) is 18.2 Å². The van der Waals surface area contributed by atoms with Crippen molar-refractivity contribution >= 4 is 28.5 Å². The molecular weight excluding hydrogens is 466 g/mol. The summed E-state index contributed by atoms with van der Waals surface area (Å²) in [5.41, 5.74) is 3.00. The predicted octanol–water partition coefficient (Wildman–Crippen LogP) is 5.58. The molecule has 2 aliphatic heterocycles. The number of amides is 2. The van der Waals surface area contributed by atoms with Gasteiger partial charge in [-0.2, -0.15) is 5.26 Å². The van der Waals surface area contributed by atoms with Crippen LogP contribution in [-0.4, -0.2) is 41.7 Å². The molecule has 5 rings (SSSR count). The topological polar surface area (TPSA) is 82.9 Å². The van der Waals surface area contributed by atoms with Crippen molar-refractivity contribution in [2.45, 2.75) is 58.3 Å². The smallest absolute Gasteiger partial charge is 0.410 e. The van der Waals surface area contributed by atoms with E-state index in [2.05, 4.69) is 6.07 Å². The molecule has 3 aromatic carbocycles. The summed E-state index contributed by atoms with van der Waals surface area (Å²) >= 11 is 0. The molecule has 3 aromatic rings. The van der Waals surface area contributed by atoms with Gasteiger partial charge in [0.15, 0.2) is 0 Å². The summed E-state index contributed by atoms with van der Waals surface area (Å²) in [6.45, 7) is 7.27. The van der Waals surface area contributed by atoms with Crippen LogP contribution >= 0.6 is 0 Å². The average molecular weight is 498 g/mol. The zero-order valence-corrected chi connectivity index (χ0v) is 21.5. The van der Waals surface area contributed by atoms with Crippen molar-refractivity contribution in [3.05, 3.63) is 71.3 Å². The average Bonchev–Trinajstić information content (AvgIpc) is 3.17. The van der Waals surface area contributed by atoms with Gasteiger partial charge in [-0.25, -0.2) is 4.79 Å². The van der Waals surface area contributed by atoms with Gasteiger partial charge in [0.05, 0.1) is 24.6 Å². The molecule has 190 valence electrons. The number of ether oxygens (including phenoxy) is 2. The first-order chi connectivity index (χ1) is 17.7. The highest BCUT2D eigenvalue weighted by Crippen LogP contribution is 2.34. The fourth-order valence-corrected chi connectivity index (χ4v) is 4.93. The van der Waals surface area contributed by atoms with E-state index in [1.54, 1.807) is 4.90 Å². The van der Waals surface area contributed by atoms with Gasteiger partial charge >= 0.3 is 6.09 Å². The molecule has 1 saturated heterocycles. The lowest BCUT2D eigenvalue weighted by Crippen LogP contribution is -2.44. The number of likely N-dealkylation sites (tertiary alicyclic amines) is 1. The molecule has 0 radical (unpaired) electrons. The van der Waals surface area contributed by atoms with Crippen LogP contribution in [0.3, 0.4) is 0 Å². The van der Waals surface area contributed by atoms with Crippen LogP contribution < -0.4 is 9.64 Å². The van der Waals surface area contributed by atoms with Crippen molar-refractivity contribution in [1.82, 2.24) is 4.90 Å². The fourth-order valence-electron chi connectivity index (χ4n) is 4.93. The first-order valence-corrected chi connectivity index (χ1v) is 12.7. The van der Waals surface area contributed by atoms with Crippen molar-refractivity contribution < 1.29 is 19.1 Å². The predicted molar refractivity (Wildman–Crippen MR) is 141 cm³/mol. The Hall–Kier alpha value is -4.05. The van der Waals surface area contributed by atoms with Gasteiger partial charge in [0.1, 0.15) is 17.5 Å². The number of rotatable bonds is 4. The number of hydrogen-bond acceptors (Lipinski definition) is 5. The molecule has 0 atom stereocenters. The van der Waals surface area contributed by atoms with Crippen LogP contribution in [-0.2, 0) is 22.5 Å². The molecule has 2 amide bonds. The highest BCUT2D eigenvalue weighted by atomic mass is 16.6. The Balaban J connectivity index is 1.23. The molecule has 37 heavy (non-hydrogen) atoms. The maximum atomic E-state index is 12.9. The minimum absolute atomic E-state index is 0.0147. The molecule has 0 unspecified atom stereocenters. The third-order valence-electron chi connectivity index (χ3n) is 6.76. The largest absolute Gasteiger partial charge is 0.490 e. The first kappa shape index (κ1) is 24.6. The summed E-state index contributed by atoms with van der Waals surface area (Å²) in [5, 5.41) is 11.3. The Morgan fingerprint density at radius 2 is 1.78 bits per heavy atom. The van der Waals surface area contributed by atoms with E-state index in [0.717, 1.165) is 46.2 Å². The molecule has 0 N–H and O–H groups in total. The monoisotopic (exact) mass is 497 g/mol. The van der Waals surface area contributed by atoms with Crippen molar-refractivity contribution in [2.24, 2.45) is 0 Å². The second-order valence-electron chi connectivity index (χ2n) is 10.7. The van der Waals surface area contributed by atoms with Gasteiger partial charge in [-0.3, -0.25) is 4.79 Å². The molecule has 7 heteroatoms. The summed E-state index contributed by atoms with van der Waals surface area (Å²) in [7, 11) is 0. The van der Waals surface area contributed by atoms with Gasteiger partial charge in [-0.05, 0) is 79.1 Å². The van der Waals surface area contributed by atoms with Crippen LogP contribution in [0.1, 0.15) is 50.3 Å². The highest BCUT2D eigenvalue weighted by molar-refractivity contribution is 6.01. The standard InChI is InChI=1S/C30H31N3O4/c1-30(2,3)37-29(35)32-12-10-25(11-13-32)36-26-8-9-27-24(16-26)17-28(34)33(27)19-21-5-7-22-6-4-20(18-31)14-23(22)15-21/h4-9,14-16,25H,10-13,17,19H2,1-3H3. The number of nitriles is 1. The highest BCUT2D eigenvalue weighted by Gasteiger charge is 2.30. The second-order valence-corrected chi connectivity index (χ2v) is 10.7. The number of piperidine rings is 1. The minimum atomic E-state index is -0.505. The first-order valence-electron chi connectivity index (χ1n) is 12.7. The molecule has 0 saturated carbocycles. The molecule has 0 aromatic heterocycles. The molecule has 2 heterocycles. The summed E-state index contributed by atoms with van der Waals surface area (Å²) < 4.78 is 11.7. The van der Waals surface area contributed by atoms with Gasteiger partial charge in [0, 0.05) is 31.6 Å². The van der Waals surface area contributed by atoms with E-state index < -0.39 is 5.60 Å². The molecule has 2 aliphatic rings. The Bertz CT molecular complexity index is 1390. The number of anilines is 1. The Labute approximate surface area is 217 Å². The fraction of sp³-hybridized carbons (Fsp3) is 0.367. The molecule has 0 aliphatic carbocycles. The third kappa shape index (κ3) is 5.54. The second kappa shape index (κ2) is 9.78. The van der Waals surface area contributed by atoms with Crippen LogP contribution in [0.25, 0.3) is 10.8 Å². The number of carbonyl (C=O) groups excluding carboxylic acids is 2. The number of hydrogen-bond donors (Lipinski definition) is 0. The van der Waals surface area contributed by atoms with E-state index in [9.17, 15) is 14.9 Å². The van der Waals surface area contributed by atoms with E-state index in [0.29, 0.717) is 31.6 Å². The summed E-state index contributed by atoms with van der Waals surface area (Å²) in [6.07, 6.45) is 1.55. The van der Waals surface area contributed by atoms with Crippen LogP contribution in [0, 0.1) is 11.3 Å². The lowest BCUT2D eigenvalue weighted by molar-refractivity contribution is -0.117. The lowest BCUT2D eigenvalue weighted by Gasteiger charge is -2.33. The van der Waals surface area contributed by atoms with E-state index in [4.69, 9.17) is 9.47 Å². The van der Waals surface area contributed by atoms with E-state index in [1.807, 2.05) is 80.3 Å². The molecule has 0 spiro atoms. The zero-order valence-electron chi connectivity index (χ0n) is 21.5. The maximum absolute atomic E-state index is 12.9.